The fraction of sp³-hybridized carbons (Fsp3) is 0.300. The third kappa shape index (κ3) is 3.42. The zero-order valence-corrected chi connectivity index (χ0v) is 15.4. The molecule has 0 saturated carbocycles. The first-order chi connectivity index (χ1) is 12.6. The van der Waals surface area contributed by atoms with E-state index in [4.69, 9.17) is 10.00 Å². The van der Waals surface area contributed by atoms with Crippen LogP contribution in [0.2, 0.25) is 0 Å². The van der Waals surface area contributed by atoms with E-state index in [-0.39, 0.29) is 17.2 Å². The van der Waals surface area contributed by atoms with Gasteiger partial charge in [-0.1, -0.05) is 20.8 Å². The number of rotatable bonds is 4. The molecule has 6 heteroatoms. The van der Waals surface area contributed by atoms with Crippen LogP contribution >= 0.6 is 0 Å². The highest BCUT2D eigenvalue weighted by atomic mass is 16.5. The van der Waals surface area contributed by atoms with E-state index in [0.717, 1.165) is 18.5 Å². The summed E-state index contributed by atoms with van der Waals surface area (Å²) in [6.45, 7) is 6.80. The monoisotopic (exact) mass is 353 g/mol. The minimum absolute atomic E-state index is 0.179. The number of imidazole rings is 1. The molecule has 26 heavy (non-hydrogen) atoms. The summed E-state index contributed by atoms with van der Waals surface area (Å²) in [7, 11) is 1.42. The molecule has 6 nitrogen and oxygen atoms in total. The number of benzene rings is 2. The van der Waals surface area contributed by atoms with Crippen LogP contribution in [0.15, 0.2) is 30.3 Å². The van der Waals surface area contributed by atoms with Crippen molar-refractivity contribution in [2.45, 2.75) is 33.7 Å². The first kappa shape index (κ1) is 19.1. The molecule has 0 bridgehead atoms. The number of nitrogens with zero attached hydrogens (tertiary/aromatic N) is 3. The van der Waals surface area contributed by atoms with E-state index >= 15 is 0 Å². The molecular weight excluding hydrogens is 330 g/mol. The van der Waals surface area contributed by atoms with Crippen molar-refractivity contribution in [1.29, 1.82) is 5.26 Å². The van der Waals surface area contributed by atoms with Gasteiger partial charge in [0.1, 0.15) is 5.82 Å². The molecule has 3 rings (SSSR count). The summed E-state index contributed by atoms with van der Waals surface area (Å²) in [6, 6.07) is 10.6. The van der Waals surface area contributed by atoms with Gasteiger partial charge in [0, 0.05) is 12.1 Å². The first-order valence-corrected chi connectivity index (χ1v) is 8.59. The number of hydrogen-bond donors (Lipinski definition) is 2. The highest BCUT2D eigenvalue weighted by Crippen LogP contribution is 2.40. The van der Waals surface area contributed by atoms with Crippen molar-refractivity contribution in [1.82, 2.24) is 9.55 Å². The Bertz CT molecular complexity index is 955. The maximum Gasteiger partial charge on any atom is 0.200 e. The molecule has 136 valence electrons. The fourth-order valence-electron chi connectivity index (χ4n) is 2.75. The number of fused-ring (bicyclic) bond motifs is 1. The second kappa shape index (κ2) is 8.26. The number of hydrogen-bond acceptors (Lipinski definition) is 5. The number of nitriles is 1. The molecule has 0 amide bonds. The van der Waals surface area contributed by atoms with E-state index in [1.807, 2.05) is 24.5 Å². The standard InChI is InChI=1S/C18H17N3O3.C2H6/c1-3-6-21-14-5-4-11(10-19)7-13(14)20-18(21)12-8-15(22)17(23)16(9-12)24-2;1-2/h4-5,7-9,22-23H,3,6H2,1-2H3;1-2H3. The maximum atomic E-state index is 9.94. The molecule has 0 unspecified atom stereocenters. The van der Waals surface area contributed by atoms with Crippen molar-refractivity contribution in [2.24, 2.45) is 0 Å². The van der Waals surface area contributed by atoms with Crippen molar-refractivity contribution in [2.75, 3.05) is 7.11 Å². The Labute approximate surface area is 152 Å². The van der Waals surface area contributed by atoms with Gasteiger partial charge in [0.25, 0.3) is 0 Å². The van der Waals surface area contributed by atoms with Gasteiger partial charge in [-0.25, -0.2) is 4.98 Å². The number of phenolic OH excluding ortho intramolecular Hbond substituents is 2. The lowest BCUT2D eigenvalue weighted by Gasteiger charge is -2.11. The largest absolute Gasteiger partial charge is 0.504 e. The average molecular weight is 353 g/mol. The molecule has 0 aliphatic carbocycles. The number of ether oxygens (including phenoxy) is 1. The summed E-state index contributed by atoms with van der Waals surface area (Å²) < 4.78 is 7.14. The van der Waals surface area contributed by atoms with Crippen LogP contribution in [0.3, 0.4) is 0 Å². The van der Waals surface area contributed by atoms with Crippen LogP contribution < -0.4 is 4.74 Å². The first-order valence-electron chi connectivity index (χ1n) is 8.59. The molecule has 2 N–H and O–H groups in total. The van der Waals surface area contributed by atoms with Crippen LogP contribution in [0, 0.1) is 11.3 Å². The number of phenols is 2. The van der Waals surface area contributed by atoms with Gasteiger partial charge < -0.3 is 19.5 Å². The normalized spacial score (nSPS) is 10.1. The van der Waals surface area contributed by atoms with Crippen molar-refractivity contribution in [3.05, 3.63) is 35.9 Å². The molecule has 0 radical (unpaired) electrons. The number of aromatic hydroxyl groups is 2. The van der Waals surface area contributed by atoms with Gasteiger partial charge in [-0.15, -0.1) is 0 Å². The van der Waals surface area contributed by atoms with Crippen LogP contribution in [0.1, 0.15) is 32.8 Å². The quantitative estimate of drug-likeness (QED) is 0.677. The van der Waals surface area contributed by atoms with Gasteiger partial charge in [0.05, 0.1) is 29.8 Å². The summed E-state index contributed by atoms with van der Waals surface area (Å²) in [5.41, 5.74) is 2.80. The van der Waals surface area contributed by atoms with E-state index in [2.05, 4.69) is 18.0 Å². The van der Waals surface area contributed by atoms with Crippen molar-refractivity contribution in [3.8, 4) is 34.7 Å². The molecule has 1 heterocycles. The number of methoxy groups -OCH3 is 1. The lowest BCUT2D eigenvalue weighted by atomic mass is 10.1. The number of aryl methyl sites for hydroxylation is 1. The van der Waals surface area contributed by atoms with Crippen molar-refractivity contribution in [3.63, 3.8) is 0 Å². The van der Waals surface area contributed by atoms with E-state index in [0.29, 0.717) is 22.5 Å². The Kier molecular flexibility index (Phi) is 6.07. The van der Waals surface area contributed by atoms with Gasteiger partial charge in [-0.05, 0) is 36.8 Å². The minimum Gasteiger partial charge on any atom is -0.504 e. The highest BCUT2D eigenvalue weighted by molar-refractivity contribution is 5.82. The Morgan fingerprint density at radius 1 is 1.19 bits per heavy atom. The molecule has 0 aliphatic heterocycles. The van der Waals surface area contributed by atoms with Gasteiger partial charge in [-0.2, -0.15) is 5.26 Å². The zero-order chi connectivity index (χ0) is 19.3. The molecular formula is C20H23N3O3. The van der Waals surface area contributed by atoms with Gasteiger partial charge in [0.2, 0.25) is 5.75 Å². The molecule has 0 aliphatic rings. The van der Waals surface area contributed by atoms with Gasteiger partial charge in [0.15, 0.2) is 11.5 Å². The minimum atomic E-state index is -0.300. The predicted octanol–water partition coefficient (Wildman–Crippen LogP) is 4.43. The zero-order valence-electron chi connectivity index (χ0n) is 15.4. The molecule has 0 saturated heterocycles. The summed E-state index contributed by atoms with van der Waals surface area (Å²) in [5.74, 6) is 0.261. The third-order valence-corrected chi connectivity index (χ3v) is 3.86. The molecule has 0 atom stereocenters. The second-order valence-electron chi connectivity index (χ2n) is 5.45. The van der Waals surface area contributed by atoms with E-state index in [1.54, 1.807) is 18.2 Å². The maximum absolute atomic E-state index is 9.94. The van der Waals surface area contributed by atoms with Crippen LogP contribution in [0.25, 0.3) is 22.4 Å². The van der Waals surface area contributed by atoms with E-state index in [9.17, 15) is 10.2 Å². The number of aromatic nitrogens is 2. The lowest BCUT2D eigenvalue weighted by molar-refractivity contribution is 0.351. The van der Waals surface area contributed by atoms with Crippen LogP contribution in [-0.2, 0) is 6.54 Å². The molecule has 0 fully saturated rings. The average Bonchev–Trinajstić information content (AvgIpc) is 3.03. The third-order valence-electron chi connectivity index (χ3n) is 3.86. The van der Waals surface area contributed by atoms with E-state index in [1.165, 1.54) is 13.2 Å². The fourth-order valence-corrected chi connectivity index (χ4v) is 2.75. The van der Waals surface area contributed by atoms with Crippen molar-refractivity contribution >= 4 is 11.0 Å². The topological polar surface area (TPSA) is 91.3 Å². The summed E-state index contributed by atoms with van der Waals surface area (Å²) in [4.78, 5) is 4.62. The van der Waals surface area contributed by atoms with E-state index < -0.39 is 0 Å². The van der Waals surface area contributed by atoms with Gasteiger partial charge in [-0.3, -0.25) is 0 Å². The molecule has 3 aromatic rings. The smallest absolute Gasteiger partial charge is 0.200 e. The Morgan fingerprint density at radius 3 is 2.54 bits per heavy atom. The molecule has 1 aromatic heterocycles. The SMILES string of the molecule is CC.CCCn1c(-c2cc(O)c(O)c(OC)c2)nc2cc(C#N)ccc21. The van der Waals surface area contributed by atoms with Crippen LogP contribution in [-0.4, -0.2) is 26.9 Å². The Balaban J connectivity index is 0.00000117. The molecule has 0 spiro atoms. The summed E-state index contributed by atoms with van der Waals surface area (Å²) in [5, 5.41) is 28.8. The second-order valence-corrected chi connectivity index (χ2v) is 5.45. The summed E-state index contributed by atoms with van der Waals surface area (Å²) in [6.07, 6.45) is 0.902. The molecule has 2 aromatic carbocycles. The van der Waals surface area contributed by atoms with Crippen LogP contribution in [0.5, 0.6) is 17.2 Å². The van der Waals surface area contributed by atoms with Crippen LogP contribution in [0.4, 0.5) is 0 Å². The summed E-state index contributed by atoms with van der Waals surface area (Å²) >= 11 is 0. The highest BCUT2D eigenvalue weighted by Gasteiger charge is 2.17. The predicted molar refractivity (Wildman–Crippen MR) is 101 cm³/mol. The lowest BCUT2D eigenvalue weighted by Crippen LogP contribution is -2.00. The Morgan fingerprint density at radius 2 is 1.92 bits per heavy atom. The van der Waals surface area contributed by atoms with Crippen molar-refractivity contribution < 1.29 is 14.9 Å². The Hall–Kier alpha value is -3.20. The van der Waals surface area contributed by atoms with Gasteiger partial charge >= 0.3 is 0 Å².